The number of nitrogens with zero attached hydrogens (tertiary/aromatic N) is 2. The van der Waals surface area contributed by atoms with Crippen LogP contribution in [-0.4, -0.2) is 34.8 Å². The second-order valence-electron chi connectivity index (χ2n) is 8.16. The molecule has 0 bridgehead atoms. The summed E-state index contributed by atoms with van der Waals surface area (Å²) in [6.07, 6.45) is 3.30. The lowest BCUT2D eigenvalue weighted by Crippen LogP contribution is -2.36. The number of rotatable bonds is 9. The Kier molecular flexibility index (Phi) is 6.87. The van der Waals surface area contributed by atoms with Crippen molar-refractivity contribution in [3.8, 4) is 5.75 Å². The number of ether oxygens (including phenoxy) is 2. The van der Waals surface area contributed by atoms with E-state index in [0.717, 1.165) is 60.4 Å². The summed E-state index contributed by atoms with van der Waals surface area (Å²) in [5.74, 6) is 1.78. The summed E-state index contributed by atoms with van der Waals surface area (Å²) in [5, 5.41) is 3.10. The highest BCUT2D eigenvalue weighted by Crippen LogP contribution is 2.23. The lowest BCUT2D eigenvalue weighted by atomic mass is 10.2. The first kappa shape index (κ1) is 21.4. The number of aryl methyl sites for hydroxylation is 2. The van der Waals surface area contributed by atoms with Gasteiger partial charge in [0.05, 0.1) is 23.7 Å². The predicted octanol–water partition coefficient (Wildman–Crippen LogP) is 4.56. The van der Waals surface area contributed by atoms with Crippen LogP contribution in [0.2, 0.25) is 0 Å². The van der Waals surface area contributed by atoms with Gasteiger partial charge in [-0.2, -0.15) is 0 Å². The number of carbonyl (C=O) groups is 1. The summed E-state index contributed by atoms with van der Waals surface area (Å²) < 4.78 is 13.7. The Hall–Kier alpha value is -2.86. The first-order valence-corrected chi connectivity index (χ1v) is 11.2. The number of carbonyl (C=O) groups excluding carboxylic acids is 1. The maximum absolute atomic E-state index is 12.5. The lowest BCUT2D eigenvalue weighted by Gasteiger charge is -2.18. The van der Waals surface area contributed by atoms with Gasteiger partial charge in [-0.25, -0.2) is 4.98 Å². The third-order valence-electron chi connectivity index (χ3n) is 5.78. The van der Waals surface area contributed by atoms with E-state index in [1.54, 1.807) is 0 Å². The average Bonchev–Trinajstić information content (AvgIpc) is 3.43. The number of fused-ring (bicyclic) bond motifs is 1. The molecule has 1 aromatic heterocycles. The van der Waals surface area contributed by atoms with Gasteiger partial charge in [0.2, 0.25) is 5.91 Å². The minimum atomic E-state index is -0.334. The van der Waals surface area contributed by atoms with Crippen LogP contribution in [0.5, 0.6) is 5.75 Å². The van der Waals surface area contributed by atoms with Crippen molar-refractivity contribution >= 4 is 16.9 Å². The molecule has 2 heterocycles. The minimum absolute atomic E-state index is 0.0461. The zero-order chi connectivity index (χ0) is 21.6. The highest BCUT2D eigenvalue weighted by molar-refractivity contribution is 5.81. The van der Waals surface area contributed by atoms with E-state index in [9.17, 15) is 4.79 Å². The maximum atomic E-state index is 12.5. The number of aromatic nitrogens is 2. The molecule has 1 saturated heterocycles. The first-order valence-electron chi connectivity index (χ1n) is 11.2. The van der Waals surface area contributed by atoms with Crippen LogP contribution in [0.25, 0.3) is 11.0 Å². The number of amides is 1. The van der Waals surface area contributed by atoms with Crippen molar-refractivity contribution in [3.63, 3.8) is 0 Å². The zero-order valence-corrected chi connectivity index (χ0v) is 18.3. The van der Waals surface area contributed by atoms with Gasteiger partial charge in [-0.3, -0.25) is 4.79 Å². The molecule has 0 spiro atoms. The molecule has 4 rings (SSSR count). The Balaban J connectivity index is 1.40. The van der Waals surface area contributed by atoms with E-state index in [4.69, 9.17) is 14.5 Å². The summed E-state index contributed by atoms with van der Waals surface area (Å²) in [4.78, 5) is 17.4. The number of imidazole rings is 1. The van der Waals surface area contributed by atoms with Crippen molar-refractivity contribution in [1.82, 2.24) is 14.9 Å². The molecule has 0 radical (unpaired) electrons. The Bertz CT molecular complexity index is 1020. The van der Waals surface area contributed by atoms with Gasteiger partial charge >= 0.3 is 0 Å². The van der Waals surface area contributed by atoms with Gasteiger partial charge in [-0.15, -0.1) is 0 Å². The average molecular weight is 422 g/mol. The summed E-state index contributed by atoms with van der Waals surface area (Å²) in [6, 6.07) is 16.0. The molecule has 1 N–H and O–H groups in total. The molecule has 2 atom stereocenters. The molecule has 1 amide bonds. The van der Waals surface area contributed by atoms with Crippen LogP contribution in [0.15, 0.2) is 48.5 Å². The fourth-order valence-corrected chi connectivity index (χ4v) is 4.09. The van der Waals surface area contributed by atoms with Crippen molar-refractivity contribution in [3.05, 3.63) is 59.9 Å². The normalized spacial score (nSPS) is 17.0. The molecule has 1 fully saturated rings. The second kappa shape index (κ2) is 9.96. The van der Waals surface area contributed by atoms with Gasteiger partial charge in [-0.05, 0) is 63.3 Å². The third-order valence-corrected chi connectivity index (χ3v) is 5.78. The number of unbranched alkanes of at least 4 members (excludes halogenated alkanes) is 1. The molecule has 3 aromatic rings. The monoisotopic (exact) mass is 421 g/mol. The molecule has 1 aliphatic heterocycles. The van der Waals surface area contributed by atoms with Gasteiger partial charge in [0.1, 0.15) is 17.7 Å². The number of hydrogen-bond acceptors (Lipinski definition) is 4. The molecule has 31 heavy (non-hydrogen) atoms. The molecule has 0 saturated carbocycles. The van der Waals surface area contributed by atoms with E-state index < -0.39 is 0 Å². The quantitative estimate of drug-likeness (QED) is 0.515. The van der Waals surface area contributed by atoms with E-state index >= 15 is 0 Å². The van der Waals surface area contributed by atoms with E-state index in [-0.39, 0.29) is 18.1 Å². The van der Waals surface area contributed by atoms with Crippen LogP contribution in [0.3, 0.4) is 0 Å². The predicted molar refractivity (Wildman–Crippen MR) is 121 cm³/mol. The van der Waals surface area contributed by atoms with E-state index in [2.05, 4.69) is 28.9 Å². The Morgan fingerprint density at radius 1 is 1.23 bits per heavy atom. The van der Waals surface area contributed by atoms with Crippen molar-refractivity contribution in [2.75, 3.05) is 13.2 Å². The van der Waals surface area contributed by atoms with Gasteiger partial charge < -0.3 is 19.4 Å². The standard InChI is InChI=1S/C25H31N3O3/c1-18-10-3-6-13-22(18)30-16-8-7-15-28-21-12-5-4-11-20(21)27-24(28)19(2)26-25(29)23-14-9-17-31-23/h3-6,10-13,19,23H,7-9,14-17H2,1-2H3,(H,26,29). The second-order valence-corrected chi connectivity index (χ2v) is 8.16. The number of hydrogen-bond donors (Lipinski definition) is 1. The summed E-state index contributed by atoms with van der Waals surface area (Å²) >= 11 is 0. The minimum Gasteiger partial charge on any atom is -0.493 e. The van der Waals surface area contributed by atoms with Crippen LogP contribution in [0, 0.1) is 6.92 Å². The summed E-state index contributed by atoms with van der Waals surface area (Å²) in [6.45, 7) is 6.22. The van der Waals surface area contributed by atoms with Crippen molar-refractivity contribution in [2.24, 2.45) is 0 Å². The van der Waals surface area contributed by atoms with Crippen LogP contribution < -0.4 is 10.1 Å². The van der Waals surface area contributed by atoms with Gasteiger partial charge in [0, 0.05) is 13.2 Å². The largest absolute Gasteiger partial charge is 0.493 e. The topological polar surface area (TPSA) is 65.4 Å². The molecule has 2 unspecified atom stereocenters. The van der Waals surface area contributed by atoms with Crippen LogP contribution in [-0.2, 0) is 16.1 Å². The first-order chi connectivity index (χ1) is 15.1. The lowest BCUT2D eigenvalue weighted by molar-refractivity contribution is -0.130. The summed E-state index contributed by atoms with van der Waals surface area (Å²) in [5.41, 5.74) is 3.20. The molecular formula is C25H31N3O3. The Morgan fingerprint density at radius 2 is 2.03 bits per heavy atom. The Labute approximate surface area is 183 Å². The molecule has 2 aromatic carbocycles. The van der Waals surface area contributed by atoms with Gasteiger partial charge in [0.15, 0.2) is 0 Å². The molecule has 164 valence electrons. The van der Waals surface area contributed by atoms with Gasteiger partial charge in [-0.1, -0.05) is 30.3 Å². The highest BCUT2D eigenvalue weighted by atomic mass is 16.5. The molecular weight excluding hydrogens is 390 g/mol. The van der Waals surface area contributed by atoms with E-state index in [1.807, 2.05) is 43.3 Å². The van der Waals surface area contributed by atoms with Crippen LogP contribution in [0.1, 0.15) is 50.0 Å². The molecule has 6 nitrogen and oxygen atoms in total. The summed E-state index contributed by atoms with van der Waals surface area (Å²) in [7, 11) is 0. The van der Waals surface area contributed by atoms with Crippen LogP contribution in [0.4, 0.5) is 0 Å². The number of benzene rings is 2. The Morgan fingerprint density at radius 3 is 2.84 bits per heavy atom. The van der Waals surface area contributed by atoms with E-state index in [0.29, 0.717) is 13.2 Å². The molecule has 6 heteroatoms. The fraction of sp³-hybridized carbons (Fsp3) is 0.440. The van der Waals surface area contributed by atoms with E-state index in [1.165, 1.54) is 0 Å². The van der Waals surface area contributed by atoms with Gasteiger partial charge in [0.25, 0.3) is 0 Å². The fourth-order valence-electron chi connectivity index (χ4n) is 4.09. The molecule has 1 aliphatic rings. The number of nitrogens with one attached hydrogen (secondary N) is 1. The molecule has 0 aliphatic carbocycles. The van der Waals surface area contributed by atoms with Crippen molar-refractivity contribution in [1.29, 1.82) is 0 Å². The highest BCUT2D eigenvalue weighted by Gasteiger charge is 2.26. The van der Waals surface area contributed by atoms with Crippen molar-refractivity contribution < 1.29 is 14.3 Å². The SMILES string of the molecule is Cc1ccccc1OCCCCn1c(C(C)NC(=O)C2CCCO2)nc2ccccc21. The maximum Gasteiger partial charge on any atom is 0.249 e. The smallest absolute Gasteiger partial charge is 0.249 e. The third kappa shape index (κ3) is 5.07. The van der Waals surface area contributed by atoms with Crippen LogP contribution >= 0.6 is 0 Å². The van der Waals surface area contributed by atoms with Crippen molar-refractivity contribution in [2.45, 2.75) is 58.2 Å². The zero-order valence-electron chi connectivity index (χ0n) is 18.3. The number of para-hydroxylation sites is 3.